The van der Waals surface area contributed by atoms with Crippen LogP contribution in [0, 0.1) is 0 Å². The highest BCUT2D eigenvalue weighted by atomic mass is 16.4. The maximum absolute atomic E-state index is 10.7. The van der Waals surface area contributed by atoms with Crippen LogP contribution in [0.3, 0.4) is 0 Å². The lowest BCUT2D eigenvalue weighted by Gasteiger charge is -2.37. The van der Waals surface area contributed by atoms with Gasteiger partial charge in [0.25, 0.3) is 0 Å². The molecule has 0 aromatic rings. The van der Waals surface area contributed by atoms with Crippen LogP contribution in [0.5, 0.6) is 0 Å². The molecule has 0 radical (unpaired) electrons. The van der Waals surface area contributed by atoms with E-state index >= 15 is 0 Å². The minimum absolute atomic E-state index is 0.326. The lowest BCUT2D eigenvalue weighted by atomic mass is 10.0. The van der Waals surface area contributed by atoms with Gasteiger partial charge >= 0.3 is 5.97 Å². The fourth-order valence-electron chi connectivity index (χ4n) is 4.69. The molecule has 0 heterocycles. The van der Waals surface area contributed by atoms with Crippen LogP contribution in [0.15, 0.2) is 0 Å². The molecule has 0 aliphatic carbocycles. The number of hydrogen-bond acceptors (Lipinski definition) is 1. The van der Waals surface area contributed by atoms with Crippen LogP contribution in [-0.2, 0) is 4.79 Å². The van der Waals surface area contributed by atoms with Gasteiger partial charge in [0.2, 0.25) is 0 Å². The molecule has 0 atom stereocenters. The summed E-state index contributed by atoms with van der Waals surface area (Å²) >= 11 is 0. The molecule has 0 unspecified atom stereocenters. The number of hydrogen-bond donors (Lipinski definition) is 1. The molecule has 0 bridgehead atoms. The van der Waals surface area contributed by atoms with Gasteiger partial charge in [-0.25, -0.2) is 0 Å². The molecule has 0 fully saturated rings. The summed E-state index contributed by atoms with van der Waals surface area (Å²) in [6.45, 7) is 11.7. The average Bonchev–Trinajstić information content (AvgIpc) is 2.75. The van der Waals surface area contributed by atoms with Gasteiger partial charge in [-0.1, -0.05) is 96.8 Å². The smallest absolute Gasteiger partial charge is 0.303 e. The van der Waals surface area contributed by atoms with Gasteiger partial charge in [0.15, 0.2) is 0 Å². The van der Waals surface area contributed by atoms with E-state index in [9.17, 15) is 4.79 Å². The number of aliphatic carboxylic acids is 1. The largest absolute Gasteiger partial charge is 0.481 e. The zero-order valence-corrected chi connectivity index (χ0v) is 21.1. The molecule has 0 spiro atoms. The van der Waals surface area contributed by atoms with Crippen molar-refractivity contribution >= 4 is 5.97 Å². The summed E-state index contributed by atoms with van der Waals surface area (Å²) in [6, 6.07) is 0. The quantitative estimate of drug-likeness (QED) is 0.124. The highest BCUT2D eigenvalue weighted by Crippen LogP contribution is 2.16. The SMILES string of the molecule is CCCCCCCCCCCCCCCCCC[N+](CC)(CC)CCCCC(=O)O. The first-order chi connectivity index (χ1) is 14.6. The molecule has 3 heteroatoms. The monoisotopic (exact) mass is 426 g/mol. The van der Waals surface area contributed by atoms with Crippen molar-refractivity contribution in [2.45, 2.75) is 143 Å². The van der Waals surface area contributed by atoms with Crippen LogP contribution < -0.4 is 0 Å². The van der Waals surface area contributed by atoms with Gasteiger partial charge in [0, 0.05) is 6.42 Å². The van der Waals surface area contributed by atoms with Gasteiger partial charge in [-0.05, 0) is 39.5 Å². The summed E-state index contributed by atoms with van der Waals surface area (Å²) in [6.07, 6.45) is 25.0. The zero-order chi connectivity index (χ0) is 22.3. The van der Waals surface area contributed by atoms with Gasteiger partial charge in [-0.3, -0.25) is 4.79 Å². The Bertz CT molecular complexity index is 366. The number of quaternary nitrogens is 1. The van der Waals surface area contributed by atoms with E-state index in [-0.39, 0.29) is 0 Å². The molecule has 0 aliphatic heterocycles. The first-order valence-electron chi connectivity index (χ1n) is 13.7. The summed E-state index contributed by atoms with van der Waals surface area (Å²) in [5.41, 5.74) is 0. The third kappa shape index (κ3) is 18.2. The van der Waals surface area contributed by atoms with E-state index in [0.717, 1.165) is 19.4 Å². The molecule has 3 nitrogen and oxygen atoms in total. The Morgan fingerprint density at radius 3 is 1.20 bits per heavy atom. The second-order valence-electron chi connectivity index (χ2n) is 9.58. The Morgan fingerprint density at radius 1 is 0.533 bits per heavy atom. The van der Waals surface area contributed by atoms with Crippen LogP contribution in [0.4, 0.5) is 0 Å². The third-order valence-corrected chi connectivity index (χ3v) is 7.10. The second kappa shape index (κ2) is 21.7. The Labute approximate surface area is 189 Å². The second-order valence-corrected chi connectivity index (χ2v) is 9.58. The maximum atomic E-state index is 10.7. The minimum atomic E-state index is -0.654. The van der Waals surface area contributed by atoms with Gasteiger partial charge in [-0.15, -0.1) is 0 Å². The standard InChI is InChI=1S/C27H55NO2/c1-4-7-8-9-10-11-12-13-14-15-16-17-18-19-20-22-25-28(5-2,6-3)26-23-21-24-27(29)30/h4-26H2,1-3H3/p+1. The van der Waals surface area contributed by atoms with Crippen LogP contribution in [0.25, 0.3) is 0 Å². The highest BCUT2D eigenvalue weighted by molar-refractivity contribution is 5.66. The van der Waals surface area contributed by atoms with Gasteiger partial charge < -0.3 is 9.59 Å². The van der Waals surface area contributed by atoms with Gasteiger partial charge in [0.1, 0.15) is 0 Å². The number of unbranched alkanes of at least 4 members (excludes halogenated alkanes) is 16. The van der Waals surface area contributed by atoms with Crippen molar-refractivity contribution in [1.82, 2.24) is 0 Å². The van der Waals surface area contributed by atoms with Crippen LogP contribution in [0.2, 0.25) is 0 Å². The van der Waals surface area contributed by atoms with E-state index in [1.54, 1.807) is 0 Å². The lowest BCUT2D eigenvalue weighted by Crippen LogP contribution is -2.49. The van der Waals surface area contributed by atoms with Gasteiger partial charge in [-0.2, -0.15) is 0 Å². The topological polar surface area (TPSA) is 37.3 Å². The van der Waals surface area contributed by atoms with Gasteiger partial charge in [0.05, 0.1) is 26.2 Å². The molecule has 0 saturated heterocycles. The number of nitrogens with zero attached hydrogens (tertiary/aromatic N) is 1. The number of carboxylic acid groups (broad SMARTS) is 1. The molecule has 0 aliphatic rings. The Kier molecular flexibility index (Phi) is 21.2. The summed E-state index contributed by atoms with van der Waals surface area (Å²) in [7, 11) is 0. The van der Waals surface area contributed by atoms with E-state index in [1.807, 2.05) is 0 Å². The van der Waals surface area contributed by atoms with Crippen molar-refractivity contribution in [2.75, 3.05) is 26.2 Å². The van der Waals surface area contributed by atoms with E-state index in [1.165, 1.54) is 127 Å². The highest BCUT2D eigenvalue weighted by Gasteiger charge is 2.21. The number of carbonyl (C=O) groups is 1. The molecule has 1 N–H and O–H groups in total. The lowest BCUT2D eigenvalue weighted by molar-refractivity contribution is -0.925. The van der Waals surface area contributed by atoms with Crippen molar-refractivity contribution in [2.24, 2.45) is 0 Å². The van der Waals surface area contributed by atoms with Crippen molar-refractivity contribution in [3.05, 3.63) is 0 Å². The summed E-state index contributed by atoms with van der Waals surface area (Å²) in [4.78, 5) is 10.7. The molecule has 0 amide bonds. The molecule has 0 rings (SSSR count). The van der Waals surface area contributed by atoms with E-state index in [2.05, 4.69) is 20.8 Å². The fourth-order valence-corrected chi connectivity index (χ4v) is 4.69. The molecule has 0 saturated carbocycles. The summed E-state index contributed by atoms with van der Waals surface area (Å²) in [5.74, 6) is -0.654. The number of carboxylic acids is 1. The van der Waals surface area contributed by atoms with E-state index in [0.29, 0.717) is 6.42 Å². The zero-order valence-electron chi connectivity index (χ0n) is 21.1. The summed E-state index contributed by atoms with van der Waals surface area (Å²) in [5, 5.41) is 8.81. The Hall–Kier alpha value is -0.570. The van der Waals surface area contributed by atoms with Crippen molar-refractivity contribution in [3.8, 4) is 0 Å². The molecule has 30 heavy (non-hydrogen) atoms. The molecule has 180 valence electrons. The predicted octanol–water partition coefficient (Wildman–Crippen LogP) is 8.36. The fraction of sp³-hybridized carbons (Fsp3) is 0.963. The van der Waals surface area contributed by atoms with E-state index < -0.39 is 5.97 Å². The van der Waals surface area contributed by atoms with Crippen molar-refractivity contribution in [3.63, 3.8) is 0 Å². The minimum Gasteiger partial charge on any atom is -0.481 e. The summed E-state index contributed by atoms with van der Waals surface area (Å²) < 4.78 is 1.18. The predicted molar refractivity (Wildman–Crippen MR) is 132 cm³/mol. The van der Waals surface area contributed by atoms with Crippen molar-refractivity contribution in [1.29, 1.82) is 0 Å². The third-order valence-electron chi connectivity index (χ3n) is 7.10. The average molecular weight is 427 g/mol. The van der Waals surface area contributed by atoms with Crippen LogP contribution >= 0.6 is 0 Å². The van der Waals surface area contributed by atoms with Crippen LogP contribution in [-0.4, -0.2) is 41.7 Å². The Morgan fingerprint density at radius 2 is 0.867 bits per heavy atom. The molecular weight excluding hydrogens is 370 g/mol. The first-order valence-corrected chi connectivity index (χ1v) is 13.7. The molecular formula is C27H56NO2+. The molecule has 0 aromatic heterocycles. The molecule has 0 aromatic carbocycles. The normalized spacial score (nSPS) is 11.8. The Balaban J connectivity index is 3.50. The maximum Gasteiger partial charge on any atom is 0.303 e. The van der Waals surface area contributed by atoms with Crippen molar-refractivity contribution < 1.29 is 14.4 Å². The van der Waals surface area contributed by atoms with Crippen LogP contribution in [0.1, 0.15) is 143 Å². The number of rotatable bonds is 24. The first kappa shape index (κ1) is 29.4. The van der Waals surface area contributed by atoms with E-state index in [4.69, 9.17) is 5.11 Å².